The van der Waals surface area contributed by atoms with Gasteiger partial charge in [0.25, 0.3) is 5.91 Å². The molecule has 0 rings (SSSR count). The third kappa shape index (κ3) is 4.83. The van der Waals surface area contributed by atoms with Crippen molar-refractivity contribution in [2.45, 2.75) is 0 Å². The van der Waals surface area contributed by atoms with E-state index in [1.54, 1.807) is 4.84 Å². The van der Waals surface area contributed by atoms with Gasteiger partial charge in [-0.2, -0.15) is 0 Å². The van der Waals surface area contributed by atoms with Crippen LogP contribution in [0.1, 0.15) is 0 Å². The van der Waals surface area contributed by atoms with Gasteiger partial charge in [-0.25, -0.2) is 4.79 Å². The summed E-state index contributed by atoms with van der Waals surface area (Å²) in [6, 6.07) is 0. The Balaban J connectivity index is 3.71. The van der Waals surface area contributed by atoms with Gasteiger partial charge >= 0.3 is 5.97 Å². The molecule has 0 aliphatic carbocycles. The normalized spacial score (nSPS) is 9.44. The van der Waals surface area contributed by atoms with Gasteiger partial charge in [0, 0.05) is 23.9 Å². The third-order valence-electron chi connectivity index (χ3n) is 0.470. The molecule has 0 heterocycles. The van der Waals surface area contributed by atoms with Crippen molar-refractivity contribution in [3.8, 4) is 0 Å². The number of amides is 1. The van der Waals surface area contributed by atoms with E-state index in [9.17, 15) is 9.59 Å². The molecule has 0 aromatic carbocycles. The predicted octanol–water partition coefficient (Wildman–Crippen LogP) is -0.103. The molecule has 0 bridgehead atoms. The minimum absolute atomic E-state index is 0.654. The fraction of sp³-hybridized carbons (Fsp3) is 0. The molecule has 50 valence electrons. The Hall–Kier alpha value is -1.03. The van der Waals surface area contributed by atoms with Crippen LogP contribution in [-0.4, -0.2) is 17.0 Å². The molecule has 1 amide bonds. The van der Waals surface area contributed by atoms with E-state index in [0.29, 0.717) is 6.08 Å². The topological polar surface area (TPSA) is 66.4 Å². The fourth-order valence-corrected chi connectivity index (χ4v) is 0.241. The van der Waals surface area contributed by atoms with E-state index in [1.807, 2.05) is 0 Å². The van der Waals surface area contributed by atoms with Crippen LogP contribution in [0.2, 0.25) is 0 Å². The van der Waals surface area contributed by atoms with Crippen LogP contribution in [0.25, 0.3) is 0 Å². The highest BCUT2D eigenvalue weighted by Crippen LogP contribution is 1.74. The second kappa shape index (κ2) is 3.91. The zero-order chi connectivity index (χ0) is 7.28. The summed E-state index contributed by atoms with van der Waals surface area (Å²) in [6.07, 6.45) is 1.51. The number of nitrogens with one attached hydrogen (secondary N) is 1. The number of hydrogen-bond acceptors (Lipinski definition) is 2. The van der Waals surface area contributed by atoms with Crippen molar-refractivity contribution in [3.05, 3.63) is 12.2 Å². The molecule has 4 nitrogen and oxygen atoms in total. The highest BCUT2D eigenvalue weighted by atomic mass is 35.5. The van der Waals surface area contributed by atoms with E-state index in [2.05, 4.69) is 0 Å². The van der Waals surface area contributed by atoms with Crippen molar-refractivity contribution in [2.75, 3.05) is 0 Å². The summed E-state index contributed by atoms with van der Waals surface area (Å²) >= 11 is 4.79. The SMILES string of the molecule is O=C(O)C=CC(=O)NCl. The number of aliphatic carboxylic acids is 1. The monoisotopic (exact) mass is 149 g/mol. The minimum atomic E-state index is -1.18. The van der Waals surface area contributed by atoms with Gasteiger partial charge in [-0.1, -0.05) is 0 Å². The van der Waals surface area contributed by atoms with E-state index in [4.69, 9.17) is 16.9 Å². The van der Waals surface area contributed by atoms with Gasteiger partial charge in [0.15, 0.2) is 0 Å². The van der Waals surface area contributed by atoms with Gasteiger partial charge in [0.2, 0.25) is 0 Å². The lowest BCUT2D eigenvalue weighted by Gasteiger charge is -1.82. The predicted molar refractivity (Wildman–Crippen MR) is 30.8 cm³/mol. The van der Waals surface area contributed by atoms with Crippen LogP contribution in [0.15, 0.2) is 12.2 Å². The molecule has 0 spiro atoms. The summed E-state index contributed by atoms with van der Waals surface area (Å²) < 4.78 is 0. The lowest BCUT2D eigenvalue weighted by Crippen LogP contribution is -2.08. The van der Waals surface area contributed by atoms with E-state index >= 15 is 0 Å². The Kier molecular flexibility index (Phi) is 3.46. The van der Waals surface area contributed by atoms with Crippen LogP contribution >= 0.6 is 11.8 Å². The molecule has 2 N–H and O–H groups in total. The molecule has 9 heavy (non-hydrogen) atoms. The Morgan fingerprint density at radius 1 is 1.44 bits per heavy atom. The number of hydrogen-bond donors (Lipinski definition) is 2. The van der Waals surface area contributed by atoms with Gasteiger partial charge in [-0.05, 0) is 0 Å². The quantitative estimate of drug-likeness (QED) is 0.426. The summed E-state index contributed by atoms with van der Waals surface area (Å²) in [5, 5.41) is 7.95. The maximum absolute atomic E-state index is 10.1. The van der Waals surface area contributed by atoms with Crippen LogP contribution in [0.4, 0.5) is 0 Å². The lowest BCUT2D eigenvalue weighted by atomic mass is 10.5. The molecule has 0 aliphatic rings. The van der Waals surface area contributed by atoms with Crippen LogP contribution < -0.4 is 4.84 Å². The largest absolute Gasteiger partial charge is 0.478 e. The van der Waals surface area contributed by atoms with E-state index in [-0.39, 0.29) is 0 Å². The highest BCUT2D eigenvalue weighted by molar-refractivity contribution is 6.23. The molecular formula is C4H4ClNO3. The fourth-order valence-electron chi connectivity index (χ4n) is 0.178. The molecule has 0 aromatic heterocycles. The third-order valence-corrected chi connectivity index (χ3v) is 0.657. The molecule has 0 fully saturated rings. The number of rotatable bonds is 2. The molecule has 5 heteroatoms. The Labute approximate surface area is 56.2 Å². The van der Waals surface area contributed by atoms with Gasteiger partial charge in [0.05, 0.1) is 0 Å². The first kappa shape index (κ1) is 7.97. The molecule has 0 saturated heterocycles. The van der Waals surface area contributed by atoms with Gasteiger partial charge in [0.1, 0.15) is 0 Å². The summed E-state index contributed by atoms with van der Waals surface area (Å²) in [6.45, 7) is 0. The van der Waals surface area contributed by atoms with Crippen molar-refractivity contribution >= 4 is 23.7 Å². The zero-order valence-corrected chi connectivity index (χ0v) is 5.05. The molecule has 0 unspecified atom stereocenters. The zero-order valence-electron chi connectivity index (χ0n) is 4.30. The Morgan fingerprint density at radius 2 is 2.00 bits per heavy atom. The molecule has 0 aromatic rings. The molecular weight excluding hydrogens is 146 g/mol. The van der Waals surface area contributed by atoms with Crippen LogP contribution in [0.5, 0.6) is 0 Å². The number of carbonyl (C=O) groups is 2. The van der Waals surface area contributed by atoms with Crippen molar-refractivity contribution < 1.29 is 14.7 Å². The maximum atomic E-state index is 10.1. The van der Waals surface area contributed by atoms with Crippen LogP contribution in [0.3, 0.4) is 0 Å². The average Bonchev–Trinajstić information content (AvgIpc) is 1.83. The van der Waals surface area contributed by atoms with E-state index in [0.717, 1.165) is 6.08 Å². The minimum Gasteiger partial charge on any atom is -0.478 e. The van der Waals surface area contributed by atoms with Gasteiger partial charge < -0.3 is 5.11 Å². The summed E-state index contributed by atoms with van der Waals surface area (Å²) in [7, 11) is 0. The maximum Gasteiger partial charge on any atom is 0.328 e. The molecule has 0 saturated carbocycles. The first-order chi connectivity index (χ1) is 4.16. The average molecular weight is 150 g/mol. The smallest absolute Gasteiger partial charge is 0.328 e. The Morgan fingerprint density at radius 3 is 2.33 bits per heavy atom. The van der Waals surface area contributed by atoms with Crippen LogP contribution in [-0.2, 0) is 9.59 Å². The molecule has 0 radical (unpaired) electrons. The summed E-state index contributed by atoms with van der Waals surface area (Å²) in [4.78, 5) is 21.5. The summed E-state index contributed by atoms with van der Waals surface area (Å²) in [5.74, 6) is -1.84. The van der Waals surface area contributed by atoms with Crippen molar-refractivity contribution in [1.29, 1.82) is 0 Å². The summed E-state index contributed by atoms with van der Waals surface area (Å²) in [5.41, 5.74) is 0. The molecule has 0 atom stereocenters. The van der Waals surface area contributed by atoms with Crippen molar-refractivity contribution in [3.63, 3.8) is 0 Å². The second-order valence-electron chi connectivity index (χ2n) is 1.13. The number of carbonyl (C=O) groups excluding carboxylic acids is 1. The lowest BCUT2D eigenvalue weighted by molar-refractivity contribution is -0.131. The van der Waals surface area contributed by atoms with E-state index < -0.39 is 11.9 Å². The highest BCUT2D eigenvalue weighted by Gasteiger charge is 1.90. The number of carboxylic acid groups (broad SMARTS) is 1. The van der Waals surface area contributed by atoms with Crippen molar-refractivity contribution in [2.24, 2.45) is 0 Å². The number of carboxylic acids is 1. The Bertz CT molecular complexity index is 154. The van der Waals surface area contributed by atoms with Gasteiger partial charge in [-0.15, -0.1) is 0 Å². The van der Waals surface area contributed by atoms with Crippen LogP contribution in [0, 0.1) is 0 Å². The standard InChI is InChI=1S/C4H4ClNO3/c5-6-3(7)1-2-4(8)9/h1-2H,(H,6,7)(H,8,9). The molecule has 0 aliphatic heterocycles. The van der Waals surface area contributed by atoms with E-state index in [1.165, 1.54) is 0 Å². The first-order valence-corrected chi connectivity index (χ1v) is 2.36. The second-order valence-corrected chi connectivity index (χ2v) is 1.32. The van der Waals surface area contributed by atoms with Crippen molar-refractivity contribution in [1.82, 2.24) is 4.84 Å². The van der Waals surface area contributed by atoms with Gasteiger partial charge in [-0.3, -0.25) is 9.63 Å². The first-order valence-electron chi connectivity index (χ1n) is 1.98. The number of halogens is 1.